The monoisotopic (exact) mass is 554 g/mol. The summed E-state index contributed by atoms with van der Waals surface area (Å²) in [6.45, 7) is 9.11. The summed E-state index contributed by atoms with van der Waals surface area (Å²) < 4.78 is 34.9. The highest BCUT2D eigenvalue weighted by atomic mass is 32.1. The molecule has 3 aromatic rings. The summed E-state index contributed by atoms with van der Waals surface area (Å²) in [5.41, 5.74) is 3.58. The number of aryl methyl sites for hydroxylation is 2. The largest absolute Gasteiger partial charge is 0.478 e. The molecule has 0 spiro atoms. The molecule has 0 atom stereocenters. The molecule has 0 unspecified atom stereocenters. The van der Waals surface area contributed by atoms with E-state index in [0.29, 0.717) is 11.7 Å². The maximum atomic E-state index is 14.5. The first-order valence-corrected chi connectivity index (χ1v) is 13.6. The number of aliphatic carboxylic acids is 1. The minimum Gasteiger partial charge on any atom is -0.478 e. The van der Waals surface area contributed by atoms with E-state index in [4.69, 9.17) is 9.84 Å². The van der Waals surface area contributed by atoms with E-state index in [9.17, 15) is 18.4 Å². The lowest BCUT2D eigenvalue weighted by atomic mass is 9.88. The fourth-order valence-corrected chi connectivity index (χ4v) is 5.42. The number of carbonyl (C=O) groups excluding carboxylic acids is 1. The van der Waals surface area contributed by atoms with Gasteiger partial charge < -0.3 is 9.84 Å². The first kappa shape index (κ1) is 28.6. The highest BCUT2D eigenvalue weighted by Crippen LogP contribution is 2.39. The van der Waals surface area contributed by atoms with Crippen molar-refractivity contribution in [3.63, 3.8) is 0 Å². The summed E-state index contributed by atoms with van der Waals surface area (Å²) >= 11 is 1.35. The molecule has 2 N–H and O–H groups in total. The van der Waals surface area contributed by atoms with E-state index in [2.05, 4.69) is 37.1 Å². The van der Waals surface area contributed by atoms with E-state index in [1.165, 1.54) is 29.4 Å². The van der Waals surface area contributed by atoms with Crippen molar-refractivity contribution in [2.24, 2.45) is 5.41 Å². The topological polar surface area (TPSA) is 88.5 Å². The maximum absolute atomic E-state index is 14.5. The van der Waals surface area contributed by atoms with Gasteiger partial charge in [-0.25, -0.2) is 18.6 Å². The van der Waals surface area contributed by atoms with E-state index < -0.39 is 29.1 Å². The number of amides is 1. The quantitative estimate of drug-likeness (QED) is 0.221. The molecular formula is C30H32F2N2O4S. The number of anilines is 1. The van der Waals surface area contributed by atoms with Crippen LogP contribution in [0.5, 0.6) is 0 Å². The van der Waals surface area contributed by atoms with Crippen molar-refractivity contribution >= 4 is 34.4 Å². The van der Waals surface area contributed by atoms with E-state index in [1.54, 1.807) is 0 Å². The zero-order valence-electron chi connectivity index (χ0n) is 22.5. The van der Waals surface area contributed by atoms with Crippen LogP contribution < -0.4 is 5.32 Å². The summed E-state index contributed by atoms with van der Waals surface area (Å²) in [5, 5.41) is 12.0. The number of carboxylic acids is 1. The second kappa shape index (κ2) is 11.8. The number of carbonyl (C=O) groups is 2. The third-order valence-corrected chi connectivity index (χ3v) is 7.39. The van der Waals surface area contributed by atoms with Crippen molar-refractivity contribution in [1.29, 1.82) is 0 Å². The predicted octanol–water partition coefficient (Wildman–Crippen LogP) is 6.92. The number of aromatic nitrogens is 1. The Balaban J connectivity index is 1.48. The molecule has 206 valence electrons. The summed E-state index contributed by atoms with van der Waals surface area (Å²) in [5.74, 6) is -4.04. The van der Waals surface area contributed by atoms with Gasteiger partial charge in [0.2, 0.25) is 0 Å². The Morgan fingerprint density at radius 2 is 1.90 bits per heavy atom. The normalized spacial score (nSPS) is 13.1. The molecule has 1 amide bonds. The number of hydrogen-bond acceptors (Lipinski definition) is 5. The molecule has 4 rings (SSSR count). The van der Waals surface area contributed by atoms with Crippen LogP contribution in [0.1, 0.15) is 66.0 Å². The van der Waals surface area contributed by atoms with Crippen molar-refractivity contribution in [3.8, 4) is 11.3 Å². The Bertz CT molecular complexity index is 1420. The summed E-state index contributed by atoms with van der Waals surface area (Å²) in [7, 11) is 0. The highest BCUT2D eigenvalue weighted by molar-refractivity contribution is 7.16. The van der Waals surface area contributed by atoms with Crippen molar-refractivity contribution < 1.29 is 28.2 Å². The van der Waals surface area contributed by atoms with Gasteiger partial charge in [0.15, 0.2) is 5.13 Å². The molecular weight excluding hydrogens is 522 g/mol. The van der Waals surface area contributed by atoms with Crippen LogP contribution in [0.25, 0.3) is 17.3 Å². The van der Waals surface area contributed by atoms with Gasteiger partial charge in [-0.2, -0.15) is 0 Å². The second-order valence-corrected chi connectivity index (χ2v) is 12.0. The number of nitrogens with zero attached hydrogens (tertiary/aromatic N) is 1. The molecule has 0 fully saturated rings. The molecule has 1 heterocycles. The lowest BCUT2D eigenvalue weighted by Crippen LogP contribution is -2.15. The van der Waals surface area contributed by atoms with Gasteiger partial charge in [0.25, 0.3) is 5.91 Å². The fourth-order valence-electron chi connectivity index (χ4n) is 4.45. The Labute approximate surface area is 230 Å². The Morgan fingerprint density at radius 3 is 2.56 bits per heavy atom. The standard InChI is InChI=1S/C30H32F2N2O4S/c1-17(28(36)37)13-22-23(31)14-19(15-24(22)32)27(35)34-29-33-26-21-9-5-7-18(20(21)10-11-25(26)39-29)8-6-12-38-16-30(2,3)4/h5,7,9,13-15H,6,8,10-12,16H2,1-4H3,(H,36,37)(H,33,34,35)/b17-13+. The molecule has 0 saturated carbocycles. The number of thiazole rings is 1. The lowest BCUT2D eigenvalue weighted by Gasteiger charge is -2.20. The zero-order chi connectivity index (χ0) is 28.3. The van der Waals surface area contributed by atoms with E-state index in [1.807, 2.05) is 12.1 Å². The van der Waals surface area contributed by atoms with Gasteiger partial charge >= 0.3 is 5.97 Å². The third-order valence-electron chi connectivity index (χ3n) is 6.36. The van der Waals surface area contributed by atoms with E-state index >= 15 is 0 Å². The van der Waals surface area contributed by atoms with Crippen molar-refractivity contribution in [1.82, 2.24) is 4.98 Å². The van der Waals surface area contributed by atoms with Crippen LogP contribution in [0, 0.1) is 17.0 Å². The molecule has 39 heavy (non-hydrogen) atoms. The smallest absolute Gasteiger partial charge is 0.331 e. The number of benzene rings is 2. The van der Waals surface area contributed by atoms with Gasteiger partial charge in [-0.15, -0.1) is 11.3 Å². The molecule has 9 heteroatoms. The number of ether oxygens (including phenoxy) is 1. The summed E-state index contributed by atoms with van der Waals surface area (Å²) in [6.07, 6.45) is 4.40. The van der Waals surface area contributed by atoms with Gasteiger partial charge in [0, 0.05) is 33.7 Å². The van der Waals surface area contributed by atoms with Gasteiger partial charge in [0.05, 0.1) is 12.3 Å². The number of hydrogen-bond donors (Lipinski definition) is 2. The van der Waals surface area contributed by atoms with Gasteiger partial charge in [-0.3, -0.25) is 10.1 Å². The van der Waals surface area contributed by atoms with Crippen molar-refractivity contribution in [2.75, 3.05) is 18.5 Å². The molecule has 0 bridgehead atoms. The average Bonchev–Trinajstić information content (AvgIpc) is 3.28. The Hall–Kier alpha value is -3.43. The summed E-state index contributed by atoms with van der Waals surface area (Å²) in [4.78, 5) is 29.5. The predicted molar refractivity (Wildman–Crippen MR) is 149 cm³/mol. The van der Waals surface area contributed by atoms with Crippen LogP contribution >= 0.6 is 11.3 Å². The number of rotatable bonds is 9. The molecule has 2 aromatic carbocycles. The molecule has 1 aliphatic rings. The fraction of sp³-hybridized carbons (Fsp3) is 0.367. The lowest BCUT2D eigenvalue weighted by molar-refractivity contribution is -0.132. The Morgan fingerprint density at radius 1 is 1.18 bits per heavy atom. The zero-order valence-corrected chi connectivity index (χ0v) is 23.3. The van der Waals surface area contributed by atoms with Crippen molar-refractivity contribution in [2.45, 2.75) is 53.4 Å². The molecule has 6 nitrogen and oxygen atoms in total. The van der Waals surface area contributed by atoms with Crippen molar-refractivity contribution in [3.05, 3.63) is 74.7 Å². The minimum atomic E-state index is -1.29. The molecule has 1 aromatic heterocycles. The first-order valence-electron chi connectivity index (χ1n) is 12.8. The number of halogens is 2. The number of carboxylic acid groups (broad SMARTS) is 1. The van der Waals surface area contributed by atoms with E-state index in [0.717, 1.165) is 66.6 Å². The van der Waals surface area contributed by atoms with Crippen LogP contribution in [-0.2, 0) is 28.8 Å². The third kappa shape index (κ3) is 6.96. The first-order chi connectivity index (χ1) is 18.4. The minimum absolute atomic E-state index is 0.143. The SMILES string of the molecule is C/C(=C\c1c(F)cc(C(=O)Nc2nc3c(s2)CCc2c(CCCOCC(C)(C)C)cccc2-3)cc1F)C(=O)O. The summed E-state index contributed by atoms with van der Waals surface area (Å²) in [6, 6.07) is 7.97. The molecule has 0 saturated heterocycles. The number of nitrogens with one attached hydrogen (secondary N) is 1. The molecule has 1 aliphatic carbocycles. The second-order valence-electron chi connectivity index (χ2n) is 10.9. The van der Waals surface area contributed by atoms with Crippen LogP contribution in [0.2, 0.25) is 0 Å². The van der Waals surface area contributed by atoms with Crippen LogP contribution in [0.15, 0.2) is 35.9 Å². The highest BCUT2D eigenvalue weighted by Gasteiger charge is 2.24. The van der Waals surface area contributed by atoms with Gasteiger partial charge in [-0.1, -0.05) is 39.0 Å². The van der Waals surface area contributed by atoms with Crippen LogP contribution in [0.3, 0.4) is 0 Å². The van der Waals surface area contributed by atoms with Crippen LogP contribution in [-0.4, -0.2) is 35.2 Å². The number of fused-ring (bicyclic) bond motifs is 3. The van der Waals surface area contributed by atoms with Crippen LogP contribution in [0.4, 0.5) is 13.9 Å². The van der Waals surface area contributed by atoms with E-state index in [-0.39, 0.29) is 16.6 Å². The average molecular weight is 555 g/mol. The molecule has 0 aliphatic heterocycles. The Kier molecular flexibility index (Phi) is 8.61. The maximum Gasteiger partial charge on any atom is 0.331 e. The van der Waals surface area contributed by atoms with Gasteiger partial charge in [-0.05, 0) is 67.4 Å². The van der Waals surface area contributed by atoms with Gasteiger partial charge in [0.1, 0.15) is 11.6 Å². The molecule has 0 radical (unpaired) electrons.